The highest BCUT2D eigenvalue weighted by atomic mass is 79.9. The molecule has 1 unspecified atom stereocenters. The first-order valence-electron chi connectivity index (χ1n) is 7.23. The van der Waals surface area contributed by atoms with Crippen molar-refractivity contribution in [1.29, 1.82) is 0 Å². The molecule has 0 aliphatic heterocycles. The molecule has 0 spiro atoms. The Morgan fingerprint density at radius 2 is 1.42 bits per heavy atom. The van der Waals surface area contributed by atoms with E-state index in [0.717, 1.165) is 0 Å². The highest BCUT2D eigenvalue weighted by molar-refractivity contribution is 9.11. The molecule has 5 nitrogen and oxygen atoms in total. The minimum absolute atomic E-state index is 0.296. The summed E-state index contributed by atoms with van der Waals surface area (Å²) >= 11 is 10.4. The summed E-state index contributed by atoms with van der Waals surface area (Å²) in [5.74, 6) is 0.962. The molecule has 0 aliphatic carbocycles. The lowest BCUT2D eigenvalue weighted by molar-refractivity contribution is -0.156. The lowest BCUT2D eigenvalue weighted by Gasteiger charge is -2.22. The van der Waals surface area contributed by atoms with Crippen molar-refractivity contribution in [2.75, 3.05) is 13.2 Å². The van der Waals surface area contributed by atoms with E-state index in [1.165, 1.54) is 0 Å². The van der Waals surface area contributed by atoms with Crippen LogP contribution in [0.4, 0.5) is 0 Å². The van der Waals surface area contributed by atoms with Gasteiger partial charge in [0.05, 0.1) is 13.2 Å². The molecular formula is C16H19Br3O5. The van der Waals surface area contributed by atoms with Crippen LogP contribution in [0.25, 0.3) is 0 Å². The van der Waals surface area contributed by atoms with E-state index in [0.29, 0.717) is 49.5 Å². The van der Waals surface area contributed by atoms with Crippen LogP contribution in [0.3, 0.4) is 0 Å². The third-order valence-corrected chi connectivity index (χ3v) is 4.84. The lowest BCUT2D eigenvalue weighted by Crippen LogP contribution is -2.21. The number of carbonyl (C=O) groups excluding carboxylic acids is 1. The number of halogens is 3. The first kappa shape index (κ1) is 21.3. The maximum absolute atomic E-state index is 11.6. The van der Waals surface area contributed by atoms with Gasteiger partial charge in [-0.1, -0.05) is 6.58 Å². The van der Waals surface area contributed by atoms with Gasteiger partial charge in [0.25, 0.3) is 0 Å². The van der Waals surface area contributed by atoms with E-state index in [1.807, 2.05) is 13.8 Å². The van der Waals surface area contributed by atoms with Crippen molar-refractivity contribution in [3.8, 4) is 17.2 Å². The second-order valence-corrected chi connectivity index (χ2v) is 7.05. The van der Waals surface area contributed by atoms with Crippen molar-refractivity contribution in [2.24, 2.45) is 0 Å². The first-order valence-corrected chi connectivity index (χ1v) is 9.61. The highest BCUT2D eigenvalue weighted by Crippen LogP contribution is 2.52. The van der Waals surface area contributed by atoms with Crippen LogP contribution < -0.4 is 14.2 Å². The lowest BCUT2D eigenvalue weighted by atomic mass is 10.3. The summed E-state index contributed by atoms with van der Waals surface area (Å²) in [6.07, 6.45) is -0.827. The topological polar surface area (TPSA) is 54.0 Å². The summed E-state index contributed by atoms with van der Waals surface area (Å²) in [4.78, 5) is 11.6. The minimum Gasteiger partial charge on any atom is -0.491 e. The van der Waals surface area contributed by atoms with Crippen LogP contribution in [0.1, 0.15) is 27.7 Å². The molecule has 0 aliphatic rings. The van der Waals surface area contributed by atoms with E-state index in [2.05, 4.69) is 54.4 Å². The number of rotatable bonds is 8. The Morgan fingerprint density at radius 1 is 1.00 bits per heavy atom. The summed E-state index contributed by atoms with van der Waals surface area (Å²) in [6.45, 7) is 11.4. The Balaban J connectivity index is 3.25. The second-order valence-electron chi connectivity index (χ2n) is 4.67. The van der Waals surface area contributed by atoms with E-state index < -0.39 is 12.3 Å². The van der Waals surface area contributed by atoms with Crippen LogP contribution >= 0.6 is 47.8 Å². The standard InChI is InChI=1S/C16H19Br3O5/c1-6-21-13-10(17)14(22-7-2)12(19)15(11(13)18)23-9(5)24-16(20)8(3)4/h9H,3,6-7H2,1-2,4-5H3. The normalized spacial score (nSPS) is 11.6. The fraction of sp³-hybridized carbons (Fsp3) is 0.438. The zero-order valence-electron chi connectivity index (χ0n) is 13.9. The molecule has 134 valence electrons. The molecule has 24 heavy (non-hydrogen) atoms. The van der Waals surface area contributed by atoms with Crippen LogP contribution in [0, 0.1) is 0 Å². The van der Waals surface area contributed by atoms with Crippen molar-refractivity contribution >= 4 is 53.8 Å². The largest absolute Gasteiger partial charge is 0.491 e. The molecule has 0 amide bonds. The summed E-state index contributed by atoms with van der Waals surface area (Å²) in [5.41, 5.74) is 0.296. The van der Waals surface area contributed by atoms with Gasteiger partial charge in [0.1, 0.15) is 13.4 Å². The van der Waals surface area contributed by atoms with E-state index in [-0.39, 0.29) is 0 Å². The molecule has 1 atom stereocenters. The zero-order chi connectivity index (χ0) is 18.4. The Bertz CT molecular complexity index is 598. The number of esters is 1. The van der Waals surface area contributed by atoms with Crippen LogP contribution in [0.5, 0.6) is 17.2 Å². The third kappa shape index (κ3) is 5.13. The number of benzene rings is 1. The summed E-state index contributed by atoms with van der Waals surface area (Å²) in [7, 11) is 0. The van der Waals surface area contributed by atoms with Crippen LogP contribution in [-0.4, -0.2) is 25.5 Å². The fourth-order valence-corrected chi connectivity index (χ4v) is 4.32. The minimum atomic E-state index is -0.827. The number of hydrogen-bond acceptors (Lipinski definition) is 5. The van der Waals surface area contributed by atoms with Gasteiger partial charge in [0, 0.05) is 12.5 Å². The molecule has 8 heteroatoms. The van der Waals surface area contributed by atoms with Crippen LogP contribution in [0.15, 0.2) is 25.6 Å². The molecule has 0 bridgehead atoms. The van der Waals surface area contributed by atoms with Gasteiger partial charge in [0.2, 0.25) is 6.29 Å². The molecule has 0 saturated heterocycles. The van der Waals surface area contributed by atoms with Gasteiger partial charge >= 0.3 is 5.97 Å². The molecular weight excluding hydrogens is 512 g/mol. The predicted molar refractivity (Wildman–Crippen MR) is 103 cm³/mol. The molecule has 0 aromatic heterocycles. The van der Waals surface area contributed by atoms with E-state index in [9.17, 15) is 4.79 Å². The zero-order valence-corrected chi connectivity index (χ0v) is 18.6. The van der Waals surface area contributed by atoms with Crippen molar-refractivity contribution < 1.29 is 23.7 Å². The van der Waals surface area contributed by atoms with Crippen LogP contribution in [-0.2, 0) is 9.53 Å². The van der Waals surface area contributed by atoms with Gasteiger partial charge in [-0.3, -0.25) is 0 Å². The van der Waals surface area contributed by atoms with Gasteiger partial charge in [-0.2, -0.15) is 0 Å². The van der Waals surface area contributed by atoms with Crippen molar-refractivity contribution in [3.05, 3.63) is 25.6 Å². The average molecular weight is 531 g/mol. The number of carbonyl (C=O) groups is 1. The smallest absolute Gasteiger partial charge is 0.336 e. The van der Waals surface area contributed by atoms with Gasteiger partial charge in [-0.25, -0.2) is 4.79 Å². The average Bonchev–Trinajstić information content (AvgIpc) is 2.52. The highest BCUT2D eigenvalue weighted by Gasteiger charge is 2.25. The quantitative estimate of drug-likeness (QED) is 0.248. The predicted octanol–water partition coefficient (Wildman–Crippen LogP) is 5.62. The Morgan fingerprint density at radius 3 is 1.79 bits per heavy atom. The Labute approximate surface area is 167 Å². The van der Waals surface area contributed by atoms with E-state index >= 15 is 0 Å². The van der Waals surface area contributed by atoms with E-state index in [4.69, 9.17) is 18.9 Å². The first-order chi connectivity index (χ1) is 11.2. The van der Waals surface area contributed by atoms with Crippen LogP contribution in [0.2, 0.25) is 0 Å². The SMILES string of the molecule is C=C(C)C(=O)OC(C)Oc1c(Br)c(OCC)c(Br)c(OCC)c1Br. The van der Waals surface area contributed by atoms with Crippen molar-refractivity contribution in [3.63, 3.8) is 0 Å². The van der Waals surface area contributed by atoms with Gasteiger partial charge < -0.3 is 18.9 Å². The number of hydrogen-bond donors (Lipinski definition) is 0. The maximum Gasteiger partial charge on any atom is 0.336 e. The Hall–Kier alpha value is -0.730. The summed E-state index contributed by atoms with van der Waals surface area (Å²) in [5, 5.41) is 0. The van der Waals surface area contributed by atoms with E-state index in [1.54, 1.807) is 13.8 Å². The second kappa shape index (κ2) is 9.68. The third-order valence-electron chi connectivity index (χ3n) is 2.68. The molecule has 0 saturated carbocycles. The fourth-order valence-electron chi connectivity index (χ4n) is 1.69. The summed E-state index contributed by atoms with van der Waals surface area (Å²) in [6, 6.07) is 0. The molecule has 0 radical (unpaired) electrons. The van der Waals surface area contributed by atoms with Crippen molar-refractivity contribution in [1.82, 2.24) is 0 Å². The number of ether oxygens (including phenoxy) is 4. The molecule has 1 rings (SSSR count). The Kier molecular flexibility index (Phi) is 8.59. The molecule has 0 heterocycles. The molecule has 0 fully saturated rings. The summed E-state index contributed by atoms with van der Waals surface area (Å²) < 4.78 is 24.0. The maximum atomic E-state index is 11.6. The van der Waals surface area contributed by atoms with Crippen molar-refractivity contribution in [2.45, 2.75) is 34.0 Å². The molecule has 1 aromatic carbocycles. The molecule has 0 N–H and O–H groups in total. The molecule has 1 aromatic rings. The van der Waals surface area contributed by atoms with Gasteiger partial charge in [0.15, 0.2) is 17.2 Å². The van der Waals surface area contributed by atoms with Gasteiger partial charge in [-0.05, 0) is 68.6 Å². The van der Waals surface area contributed by atoms with Gasteiger partial charge in [-0.15, -0.1) is 0 Å². The monoisotopic (exact) mass is 528 g/mol.